The van der Waals surface area contributed by atoms with Gasteiger partial charge >= 0.3 is 0 Å². The fraction of sp³-hybridized carbons (Fsp3) is 0.300. The van der Waals surface area contributed by atoms with E-state index in [0.29, 0.717) is 33.6 Å². The van der Waals surface area contributed by atoms with Gasteiger partial charge in [0.1, 0.15) is 17.2 Å². The fourth-order valence-electron chi connectivity index (χ4n) is 2.97. The maximum absolute atomic E-state index is 12.5. The number of methoxy groups -OCH3 is 2. The minimum atomic E-state index is -0.599. The van der Waals surface area contributed by atoms with E-state index in [9.17, 15) is 9.59 Å². The van der Waals surface area contributed by atoms with Gasteiger partial charge in [-0.25, -0.2) is 0 Å². The molecular weight excluding hydrogens is 384 g/mol. The molecule has 0 bridgehead atoms. The Morgan fingerprint density at radius 3 is 2.64 bits per heavy atom. The van der Waals surface area contributed by atoms with Crippen LogP contribution in [0.25, 0.3) is 0 Å². The van der Waals surface area contributed by atoms with Crippen molar-refractivity contribution in [1.29, 1.82) is 0 Å². The minimum absolute atomic E-state index is 0.0968. The van der Waals surface area contributed by atoms with Crippen molar-refractivity contribution in [3.63, 3.8) is 0 Å². The lowest BCUT2D eigenvalue weighted by Gasteiger charge is -2.32. The normalized spacial score (nSPS) is 15.5. The van der Waals surface area contributed by atoms with Gasteiger partial charge in [0.25, 0.3) is 5.91 Å². The highest BCUT2D eigenvalue weighted by Gasteiger charge is 2.31. The first kappa shape index (κ1) is 19.8. The standard InChI is InChI=1S/C20H21ClN2O5/c1-12-20(25)23(15-6-4-5-7-16(15)28-12)9-8-19(24)22-14-10-13(21)17(26-2)11-18(14)27-3/h4-7,10-12H,8-9H2,1-3H3,(H,22,24)/t12-/m1/s1. The molecule has 3 rings (SSSR count). The van der Waals surface area contributed by atoms with E-state index in [2.05, 4.69) is 5.32 Å². The molecule has 0 saturated heterocycles. The largest absolute Gasteiger partial charge is 0.495 e. The zero-order valence-corrected chi connectivity index (χ0v) is 16.6. The highest BCUT2D eigenvalue weighted by Crippen LogP contribution is 2.36. The quantitative estimate of drug-likeness (QED) is 0.797. The lowest BCUT2D eigenvalue weighted by molar-refractivity contribution is -0.125. The summed E-state index contributed by atoms with van der Waals surface area (Å²) in [5, 5.41) is 3.12. The molecule has 0 unspecified atom stereocenters. The van der Waals surface area contributed by atoms with Crippen LogP contribution in [-0.4, -0.2) is 38.7 Å². The molecule has 0 aromatic heterocycles. The first-order chi connectivity index (χ1) is 13.4. The van der Waals surface area contributed by atoms with Crippen molar-refractivity contribution in [1.82, 2.24) is 0 Å². The number of carbonyl (C=O) groups excluding carboxylic acids is 2. The third-order valence-corrected chi connectivity index (χ3v) is 4.68. The van der Waals surface area contributed by atoms with Gasteiger partial charge in [0.15, 0.2) is 6.10 Å². The summed E-state index contributed by atoms with van der Waals surface area (Å²) in [7, 11) is 2.99. The minimum Gasteiger partial charge on any atom is -0.495 e. The lowest BCUT2D eigenvalue weighted by Crippen LogP contribution is -2.45. The summed E-state index contributed by atoms with van der Waals surface area (Å²) < 4.78 is 16.0. The van der Waals surface area contributed by atoms with Gasteiger partial charge in [-0.05, 0) is 25.1 Å². The van der Waals surface area contributed by atoms with Crippen LogP contribution in [-0.2, 0) is 9.59 Å². The number of carbonyl (C=O) groups is 2. The summed E-state index contributed by atoms with van der Waals surface area (Å²) in [6.45, 7) is 1.91. The van der Waals surface area contributed by atoms with Crippen LogP contribution in [0, 0.1) is 0 Å². The van der Waals surface area contributed by atoms with E-state index < -0.39 is 6.10 Å². The maximum Gasteiger partial charge on any atom is 0.267 e. The lowest BCUT2D eigenvalue weighted by atomic mass is 10.1. The molecule has 2 amide bonds. The van der Waals surface area contributed by atoms with Crippen molar-refractivity contribution in [2.75, 3.05) is 31.0 Å². The first-order valence-electron chi connectivity index (χ1n) is 8.73. The van der Waals surface area contributed by atoms with Crippen molar-refractivity contribution in [3.05, 3.63) is 41.4 Å². The SMILES string of the molecule is COc1cc(OC)c(NC(=O)CCN2C(=O)[C@@H](C)Oc3ccccc32)cc1Cl. The number of para-hydroxylation sites is 2. The second kappa shape index (κ2) is 8.39. The van der Waals surface area contributed by atoms with Crippen LogP contribution in [0.2, 0.25) is 5.02 Å². The summed E-state index contributed by atoms with van der Waals surface area (Å²) in [5.74, 6) is 1.04. The third kappa shape index (κ3) is 3.99. The van der Waals surface area contributed by atoms with Gasteiger partial charge in [-0.2, -0.15) is 0 Å². The van der Waals surface area contributed by atoms with Crippen molar-refractivity contribution >= 4 is 34.8 Å². The van der Waals surface area contributed by atoms with Gasteiger partial charge in [0.05, 0.1) is 30.6 Å². The average Bonchev–Trinajstić information content (AvgIpc) is 2.68. The molecule has 2 aromatic carbocycles. The fourth-order valence-corrected chi connectivity index (χ4v) is 3.21. The molecule has 0 aliphatic carbocycles. The molecule has 8 heteroatoms. The molecule has 28 heavy (non-hydrogen) atoms. The molecule has 7 nitrogen and oxygen atoms in total. The number of rotatable bonds is 6. The van der Waals surface area contributed by atoms with Gasteiger partial charge in [-0.15, -0.1) is 0 Å². The summed E-state index contributed by atoms with van der Waals surface area (Å²) in [6, 6.07) is 10.4. The Kier molecular flexibility index (Phi) is 5.94. The van der Waals surface area contributed by atoms with Crippen LogP contribution < -0.4 is 24.4 Å². The van der Waals surface area contributed by atoms with Gasteiger partial charge in [0, 0.05) is 19.0 Å². The number of benzene rings is 2. The number of halogens is 1. The summed E-state index contributed by atoms with van der Waals surface area (Å²) in [6.07, 6.45) is -0.502. The molecule has 0 spiro atoms. The number of hydrogen-bond acceptors (Lipinski definition) is 5. The number of nitrogens with zero attached hydrogens (tertiary/aromatic N) is 1. The molecule has 1 atom stereocenters. The van der Waals surface area contributed by atoms with Crippen LogP contribution in [0.4, 0.5) is 11.4 Å². The third-order valence-electron chi connectivity index (χ3n) is 4.38. The van der Waals surface area contributed by atoms with Crippen LogP contribution in [0.1, 0.15) is 13.3 Å². The Morgan fingerprint density at radius 1 is 1.21 bits per heavy atom. The molecular formula is C20H21ClN2O5. The Balaban J connectivity index is 1.71. The molecule has 2 aromatic rings. The topological polar surface area (TPSA) is 77.1 Å². The predicted octanol–water partition coefficient (Wildman–Crippen LogP) is 3.50. The predicted molar refractivity (Wildman–Crippen MR) is 107 cm³/mol. The van der Waals surface area contributed by atoms with Gasteiger partial charge in [-0.3, -0.25) is 9.59 Å². The Hall–Kier alpha value is -2.93. The highest BCUT2D eigenvalue weighted by molar-refractivity contribution is 6.32. The Morgan fingerprint density at radius 2 is 1.93 bits per heavy atom. The van der Waals surface area contributed by atoms with E-state index in [1.165, 1.54) is 14.2 Å². The molecule has 148 valence electrons. The number of ether oxygens (including phenoxy) is 3. The molecule has 1 N–H and O–H groups in total. The number of anilines is 2. The van der Waals surface area contributed by atoms with Crippen LogP contribution in [0.3, 0.4) is 0 Å². The van der Waals surface area contributed by atoms with Crippen LogP contribution in [0.5, 0.6) is 17.2 Å². The van der Waals surface area contributed by atoms with Gasteiger partial charge in [-0.1, -0.05) is 23.7 Å². The zero-order valence-electron chi connectivity index (χ0n) is 15.8. The summed E-state index contributed by atoms with van der Waals surface area (Å²) >= 11 is 6.13. The van der Waals surface area contributed by atoms with E-state index in [0.717, 1.165) is 0 Å². The highest BCUT2D eigenvalue weighted by atomic mass is 35.5. The molecule has 1 aliphatic rings. The van der Waals surface area contributed by atoms with E-state index in [1.54, 1.807) is 36.1 Å². The summed E-state index contributed by atoms with van der Waals surface area (Å²) in [5.41, 5.74) is 1.09. The molecule has 1 heterocycles. The Labute approximate surface area is 168 Å². The molecule has 0 saturated carbocycles. The monoisotopic (exact) mass is 404 g/mol. The number of nitrogens with one attached hydrogen (secondary N) is 1. The average molecular weight is 405 g/mol. The second-order valence-electron chi connectivity index (χ2n) is 6.20. The van der Waals surface area contributed by atoms with Gasteiger partial charge in [0.2, 0.25) is 5.91 Å². The number of fused-ring (bicyclic) bond motifs is 1. The van der Waals surface area contributed by atoms with Crippen LogP contribution in [0.15, 0.2) is 36.4 Å². The maximum atomic E-state index is 12.5. The van der Waals surface area contributed by atoms with Crippen molar-refractivity contribution < 1.29 is 23.8 Å². The first-order valence-corrected chi connectivity index (χ1v) is 9.10. The van der Waals surface area contributed by atoms with Crippen LogP contribution >= 0.6 is 11.6 Å². The van der Waals surface area contributed by atoms with E-state index in [4.69, 9.17) is 25.8 Å². The molecule has 1 aliphatic heterocycles. The zero-order chi connectivity index (χ0) is 20.3. The number of amides is 2. The Bertz CT molecular complexity index is 902. The van der Waals surface area contributed by atoms with E-state index in [-0.39, 0.29) is 24.8 Å². The molecule has 0 fully saturated rings. The summed E-state index contributed by atoms with van der Waals surface area (Å²) in [4.78, 5) is 26.5. The molecule has 0 radical (unpaired) electrons. The van der Waals surface area contributed by atoms with E-state index in [1.807, 2.05) is 12.1 Å². The van der Waals surface area contributed by atoms with Crippen molar-refractivity contribution in [2.45, 2.75) is 19.4 Å². The second-order valence-corrected chi connectivity index (χ2v) is 6.61. The van der Waals surface area contributed by atoms with E-state index >= 15 is 0 Å². The number of hydrogen-bond donors (Lipinski definition) is 1. The van der Waals surface area contributed by atoms with Gasteiger partial charge < -0.3 is 24.4 Å². The smallest absolute Gasteiger partial charge is 0.267 e. The van der Waals surface area contributed by atoms with Crippen molar-refractivity contribution in [3.8, 4) is 17.2 Å². The van der Waals surface area contributed by atoms with Crippen molar-refractivity contribution in [2.24, 2.45) is 0 Å².